The van der Waals surface area contributed by atoms with Crippen molar-refractivity contribution >= 4 is 5.91 Å². The van der Waals surface area contributed by atoms with Gasteiger partial charge in [-0.15, -0.1) is 0 Å². The van der Waals surface area contributed by atoms with Crippen molar-refractivity contribution in [2.24, 2.45) is 11.7 Å². The number of benzene rings is 2. The molecule has 3 heteroatoms. The van der Waals surface area contributed by atoms with Crippen LogP contribution in [0, 0.1) is 5.92 Å². The lowest BCUT2D eigenvalue weighted by atomic mass is 9.97. The van der Waals surface area contributed by atoms with Crippen molar-refractivity contribution in [3.63, 3.8) is 0 Å². The van der Waals surface area contributed by atoms with E-state index >= 15 is 0 Å². The van der Waals surface area contributed by atoms with Gasteiger partial charge in [0.25, 0.3) is 0 Å². The van der Waals surface area contributed by atoms with Gasteiger partial charge in [0.1, 0.15) is 0 Å². The fourth-order valence-corrected chi connectivity index (χ4v) is 2.32. The Morgan fingerprint density at radius 2 is 1.48 bits per heavy atom. The van der Waals surface area contributed by atoms with Gasteiger partial charge in [-0.3, -0.25) is 4.79 Å². The van der Waals surface area contributed by atoms with Gasteiger partial charge in [-0.2, -0.15) is 0 Å². The summed E-state index contributed by atoms with van der Waals surface area (Å²) in [6.45, 7) is 2.44. The van der Waals surface area contributed by atoms with Crippen LogP contribution in [0.25, 0.3) is 0 Å². The maximum Gasteiger partial charge on any atom is 0.223 e. The molecule has 0 heterocycles. The Kier molecular flexibility index (Phi) is 5.52. The van der Waals surface area contributed by atoms with Crippen LogP contribution in [-0.2, 0) is 4.79 Å². The predicted octanol–water partition coefficient (Wildman–Crippen LogP) is 2.88. The number of carbonyl (C=O) groups is 1. The highest BCUT2D eigenvalue weighted by Gasteiger charge is 2.19. The molecule has 2 aromatic carbocycles. The number of rotatable bonds is 6. The third-order valence-electron chi connectivity index (χ3n) is 3.60. The second kappa shape index (κ2) is 7.60. The lowest BCUT2D eigenvalue weighted by molar-refractivity contribution is -0.125. The highest BCUT2D eigenvalue weighted by atomic mass is 16.1. The molecular weight excluding hydrogens is 260 g/mol. The van der Waals surface area contributed by atoms with Crippen molar-refractivity contribution in [1.29, 1.82) is 0 Å². The summed E-state index contributed by atoms with van der Waals surface area (Å²) < 4.78 is 0. The average Bonchev–Trinajstić information content (AvgIpc) is 2.54. The van der Waals surface area contributed by atoms with E-state index in [0.29, 0.717) is 13.0 Å². The van der Waals surface area contributed by atoms with Crippen molar-refractivity contribution in [3.05, 3.63) is 71.8 Å². The van der Waals surface area contributed by atoms with Crippen LogP contribution in [0.15, 0.2) is 60.7 Å². The fourth-order valence-electron chi connectivity index (χ4n) is 2.32. The zero-order valence-electron chi connectivity index (χ0n) is 12.3. The molecule has 21 heavy (non-hydrogen) atoms. The maximum atomic E-state index is 12.3. The first kappa shape index (κ1) is 15.3. The van der Waals surface area contributed by atoms with Gasteiger partial charge in [0.15, 0.2) is 0 Å². The zero-order valence-corrected chi connectivity index (χ0v) is 12.3. The quantitative estimate of drug-likeness (QED) is 0.856. The van der Waals surface area contributed by atoms with E-state index in [1.165, 1.54) is 0 Å². The van der Waals surface area contributed by atoms with Gasteiger partial charge in [0.05, 0.1) is 6.04 Å². The molecule has 0 saturated heterocycles. The Morgan fingerprint density at radius 1 is 1.00 bits per heavy atom. The molecule has 2 rings (SSSR count). The van der Waals surface area contributed by atoms with Crippen molar-refractivity contribution in [2.75, 3.05) is 6.54 Å². The van der Waals surface area contributed by atoms with Crippen molar-refractivity contribution in [3.8, 4) is 0 Å². The van der Waals surface area contributed by atoms with Gasteiger partial charge >= 0.3 is 0 Å². The van der Waals surface area contributed by atoms with Crippen LogP contribution in [0.5, 0.6) is 0 Å². The molecular formula is C18H22N2O. The number of nitrogens with one attached hydrogen (secondary N) is 1. The molecule has 0 radical (unpaired) electrons. The normalized spacial score (nSPS) is 12.1. The van der Waals surface area contributed by atoms with E-state index in [9.17, 15) is 4.79 Å². The van der Waals surface area contributed by atoms with Crippen LogP contribution in [0.2, 0.25) is 0 Å². The smallest absolute Gasteiger partial charge is 0.223 e. The summed E-state index contributed by atoms with van der Waals surface area (Å²) in [5.74, 6) is -0.0388. The summed E-state index contributed by atoms with van der Waals surface area (Å²) in [5.41, 5.74) is 7.70. The standard InChI is InChI=1S/C18H22N2O/c1-14(12-13-19)18(21)20-17(15-8-4-2-5-9-15)16-10-6-3-7-11-16/h2-11,14,17H,12-13,19H2,1H3,(H,20,21). The second-order valence-electron chi connectivity index (χ2n) is 5.24. The Balaban J connectivity index is 2.23. The monoisotopic (exact) mass is 282 g/mol. The highest BCUT2D eigenvalue weighted by Crippen LogP contribution is 2.22. The molecule has 3 nitrogen and oxygen atoms in total. The highest BCUT2D eigenvalue weighted by molar-refractivity contribution is 5.79. The molecule has 2 aromatic rings. The Hall–Kier alpha value is -2.13. The molecule has 3 N–H and O–H groups in total. The molecule has 0 fully saturated rings. The summed E-state index contributed by atoms with van der Waals surface area (Å²) in [6, 6.07) is 19.9. The summed E-state index contributed by atoms with van der Waals surface area (Å²) >= 11 is 0. The van der Waals surface area contributed by atoms with Gasteiger partial charge in [-0.1, -0.05) is 67.6 Å². The van der Waals surface area contributed by atoms with Crippen LogP contribution < -0.4 is 11.1 Å². The minimum Gasteiger partial charge on any atom is -0.345 e. The molecule has 1 amide bonds. The molecule has 0 aliphatic carbocycles. The summed E-state index contributed by atoms with van der Waals surface area (Å²) in [7, 11) is 0. The first-order valence-corrected chi connectivity index (χ1v) is 7.32. The second-order valence-corrected chi connectivity index (χ2v) is 5.24. The molecule has 110 valence electrons. The topological polar surface area (TPSA) is 55.1 Å². The Morgan fingerprint density at radius 3 is 1.90 bits per heavy atom. The van der Waals surface area contributed by atoms with Gasteiger partial charge < -0.3 is 11.1 Å². The number of nitrogens with two attached hydrogens (primary N) is 1. The predicted molar refractivity (Wildman–Crippen MR) is 85.7 cm³/mol. The van der Waals surface area contributed by atoms with Crippen LogP contribution >= 0.6 is 0 Å². The molecule has 0 bridgehead atoms. The van der Waals surface area contributed by atoms with E-state index in [0.717, 1.165) is 11.1 Å². The first-order valence-electron chi connectivity index (χ1n) is 7.32. The molecule has 0 aliphatic rings. The van der Waals surface area contributed by atoms with E-state index in [1.54, 1.807) is 0 Å². The lowest BCUT2D eigenvalue weighted by Gasteiger charge is -2.22. The third-order valence-corrected chi connectivity index (χ3v) is 3.60. The van der Waals surface area contributed by atoms with Gasteiger partial charge in [-0.05, 0) is 24.1 Å². The Bertz CT molecular complexity index is 514. The van der Waals surface area contributed by atoms with Crippen LogP contribution in [0.1, 0.15) is 30.5 Å². The minimum absolute atomic E-state index is 0.0400. The molecule has 0 saturated carbocycles. The summed E-state index contributed by atoms with van der Waals surface area (Å²) in [6.07, 6.45) is 0.697. The average molecular weight is 282 g/mol. The molecule has 0 aromatic heterocycles. The minimum atomic E-state index is -0.125. The zero-order chi connectivity index (χ0) is 15.1. The fraction of sp³-hybridized carbons (Fsp3) is 0.278. The number of hydrogen-bond donors (Lipinski definition) is 2. The van der Waals surface area contributed by atoms with Crippen LogP contribution in [-0.4, -0.2) is 12.5 Å². The number of hydrogen-bond acceptors (Lipinski definition) is 2. The molecule has 1 atom stereocenters. The van der Waals surface area contributed by atoms with E-state index in [-0.39, 0.29) is 17.9 Å². The molecule has 0 aliphatic heterocycles. The van der Waals surface area contributed by atoms with Crippen molar-refractivity contribution in [1.82, 2.24) is 5.32 Å². The SMILES string of the molecule is CC(CCN)C(=O)NC(c1ccccc1)c1ccccc1. The van der Waals surface area contributed by atoms with E-state index in [1.807, 2.05) is 67.6 Å². The largest absolute Gasteiger partial charge is 0.345 e. The van der Waals surface area contributed by atoms with E-state index in [4.69, 9.17) is 5.73 Å². The number of carbonyl (C=O) groups excluding carboxylic acids is 1. The molecule has 0 spiro atoms. The van der Waals surface area contributed by atoms with Crippen molar-refractivity contribution in [2.45, 2.75) is 19.4 Å². The third kappa shape index (κ3) is 4.17. The van der Waals surface area contributed by atoms with E-state index < -0.39 is 0 Å². The van der Waals surface area contributed by atoms with Gasteiger partial charge in [0.2, 0.25) is 5.91 Å². The summed E-state index contributed by atoms with van der Waals surface area (Å²) in [4.78, 5) is 12.3. The lowest BCUT2D eigenvalue weighted by Crippen LogP contribution is -2.34. The van der Waals surface area contributed by atoms with Crippen LogP contribution in [0.4, 0.5) is 0 Å². The maximum absolute atomic E-state index is 12.3. The van der Waals surface area contributed by atoms with Gasteiger partial charge in [-0.25, -0.2) is 0 Å². The summed E-state index contributed by atoms with van der Waals surface area (Å²) in [5, 5.41) is 3.14. The van der Waals surface area contributed by atoms with Crippen LogP contribution in [0.3, 0.4) is 0 Å². The van der Waals surface area contributed by atoms with E-state index in [2.05, 4.69) is 5.32 Å². The van der Waals surface area contributed by atoms with Gasteiger partial charge in [0, 0.05) is 5.92 Å². The first-order chi connectivity index (χ1) is 10.2. The number of amides is 1. The molecule has 1 unspecified atom stereocenters. The van der Waals surface area contributed by atoms with Crippen molar-refractivity contribution < 1.29 is 4.79 Å². The Labute approximate surface area is 126 Å².